The van der Waals surface area contributed by atoms with Crippen molar-refractivity contribution in [2.24, 2.45) is 5.92 Å². The van der Waals surface area contributed by atoms with Crippen molar-refractivity contribution < 1.29 is 14.3 Å². The first-order valence-corrected chi connectivity index (χ1v) is 9.88. The number of carbonyl (C=O) groups is 2. The Morgan fingerprint density at radius 3 is 2.59 bits per heavy atom. The van der Waals surface area contributed by atoms with Crippen molar-refractivity contribution in [2.45, 2.75) is 31.3 Å². The molecule has 0 radical (unpaired) electrons. The van der Waals surface area contributed by atoms with Crippen LogP contribution < -0.4 is 5.32 Å². The molecule has 29 heavy (non-hydrogen) atoms. The molecule has 3 aromatic rings. The maximum atomic E-state index is 12.8. The Hall–Kier alpha value is -3.41. The van der Waals surface area contributed by atoms with E-state index in [-0.39, 0.29) is 17.8 Å². The number of aromatic nitrogens is 2. The summed E-state index contributed by atoms with van der Waals surface area (Å²) in [6, 6.07) is 17.4. The number of nitrogens with one attached hydrogen (secondary N) is 1. The number of anilines is 1. The summed E-state index contributed by atoms with van der Waals surface area (Å²) < 4.78 is 7.65. The predicted molar refractivity (Wildman–Crippen MR) is 108 cm³/mol. The molecular formula is C23H21N3O3. The standard InChI is InChI=1S/C23H21N3O3/c27-21(25-20-14-26(15-24-20)17-6-2-1-3-7-17)16-10-12-23(13-11-16)19-9-5-4-8-18(19)22(28)29-23/h1-9,14-16H,10-13H2,(H,25,27)/t16-,23-. The smallest absolute Gasteiger partial charge is 0.339 e. The van der Waals surface area contributed by atoms with Gasteiger partial charge in [-0.2, -0.15) is 0 Å². The fourth-order valence-corrected chi connectivity index (χ4v) is 4.42. The van der Waals surface area contributed by atoms with Crippen LogP contribution in [0, 0.1) is 5.92 Å². The normalized spacial score (nSPS) is 22.9. The van der Waals surface area contributed by atoms with Gasteiger partial charge in [0, 0.05) is 17.2 Å². The third-order valence-electron chi connectivity index (χ3n) is 5.98. The highest BCUT2D eigenvalue weighted by Crippen LogP contribution is 2.48. The lowest BCUT2D eigenvalue weighted by Crippen LogP contribution is -2.36. The zero-order valence-corrected chi connectivity index (χ0v) is 15.9. The average Bonchev–Trinajstić information content (AvgIpc) is 3.33. The lowest BCUT2D eigenvalue weighted by atomic mass is 9.74. The minimum Gasteiger partial charge on any atom is -0.451 e. The maximum absolute atomic E-state index is 12.8. The Morgan fingerprint density at radius 2 is 1.79 bits per heavy atom. The molecule has 1 amide bonds. The first-order chi connectivity index (χ1) is 14.1. The van der Waals surface area contributed by atoms with E-state index < -0.39 is 5.60 Å². The fraction of sp³-hybridized carbons (Fsp3) is 0.261. The van der Waals surface area contributed by atoms with Gasteiger partial charge in [0.15, 0.2) is 5.82 Å². The van der Waals surface area contributed by atoms with Gasteiger partial charge in [0.25, 0.3) is 0 Å². The Balaban J connectivity index is 1.25. The van der Waals surface area contributed by atoms with Gasteiger partial charge in [-0.1, -0.05) is 36.4 Å². The number of para-hydroxylation sites is 1. The molecule has 2 aliphatic rings. The second-order valence-electron chi connectivity index (χ2n) is 7.69. The molecule has 1 aromatic heterocycles. The molecule has 0 bridgehead atoms. The highest BCUT2D eigenvalue weighted by atomic mass is 16.6. The summed E-state index contributed by atoms with van der Waals surface area (Å²) in [4.78, 5) is 29.3. The van der Waals surface area contributed by atoms with Crippen molar-refractivity contribution in [1.29, 1.82) is 0 Å². The van der Waals surface area contributed by atoms with E-state index in [0.717, 1.165) is 11.3 Å². The van der Waals surface area contributed by atoms with Gasteiger partial charge in [0.2, 0.25) is 5.91 Å². The molecule has 2 heterocycles. The largest absolute Gasteiger partial charge is 0.451 e. The van der Waals surface area contributed by atoms with Crippen LogP contribution in [0.4, 0.5) is 5.82 Å². The summed E-state index contributed by atoms with van der Waals surface area (Å²) in [7, 11) is 0. The van der Waals surface area contributed by atoms with E-state index in [4.69, 9.17) is 4.74 Å². The minimum absolute atomic E-state index is 0.0317. The summed E-state index contributed by atoms with van der Waals surface area (Å²) in [5, 5.41) is 2.93. The van der Waals surface area contributed by atoms with Gasteiger partial charge in [-0.3, -0.25) is 4.79 Å². The number of hydrogen-bond donors (Lipinski definition) is 1. The topological polar surface area (TPSA) is 73.2 Å². The molecule has 1 spiro atoms. The summed E-state index contributed by atoms with van der Waals surface area (Å²) in [6.07, 6.45) is 6.17. The molecule has 6 nitrogen and oxygen atoms in total. The van der Waals surface area contributed by atoms with E-state index in [9.17, 15) is 9.59 Å². The number of rotatable bonds is 3. The zero-order chi connectivity index (χ0) is 19.8. The molecule has 1 aliphatic carbocycles. The summed E-state index contributed by atoms with van der Waals surface area (Å²) >= 11 is 0. The monoisotopic (exact) mass is 387 g/mol. The molecule has 1 fully saturated rings. The van der Waals surface area contributed by atoms with Gasteiger partial charge in [-0.05, 0) is 43.9 Å². The SMILES string of the molecule is O=C1O[C@]2(CC[C@H](C(=O)Nc3cn(-c4ccccc4)cn3)CC2)c2ccccc21. The van der Waals surface area contributed by atoms with Crippen molar-refractivity contribution in [2.75, 3.05) is 5.32 Å². The third-order valence-corrected chi connectivity index (χ3v) is 5.98. The average molecular weight is 387 g/mol. The van der Waals surface area contributed by atoms with Crippen LogP contribution in [0.25, 0.3) is 5.69 Å². The van der Waals surface area contributed by atoms with Crippen LogP contribution in [0.2, 0.25) is 0 Å². The molecular weight excluding hydrogens is 366 g/mol. The van der Waals surface area contributed by atoms with Crippen molar-refractivity contribution in [3.05, 3.63) is 78.2 Å². The van der Waals surface area contributed by atoms with Crippen molar-refractivity contribution in [3.63, 3.8) is 0 Å². The Morgan fingerprint density at radius 1 is 1.07 bits per heavy atom. The van der Waals surface area contributed by atoms with E-state index in [1.54, 1.807) is 6.33 Å². The number of carbonyl (C=O) groups excluding carboxylic acids is 2. The molecule has 6 heteroatoms. The molecule has 2 aromatic carbocycles. The number of hydrogen-bond acceptors (Lipinski definition) is 4. The van der Waals surface area contributed by atoms with Gasteiger partial charge in [-0.25, -0.2) is 9.78 Å². The molecule has 5 rings (SSSR count). The predicted octanol–water partition coefficient (Wildman–Crippen LogP) is 4.07. The van der Waals surface area contributed by atoms with Crippen LogP contribution in [0.15, 0.2) is 67.1 Å². The molecule has 1 aliphatic heterocycles. The van der Waals surface area contributed by atoms with Crippen LogP contribution in [-0.4, -0.2) is 21.4 Å². The van der Waals surface area contributed by atoms with E-state index in [2.05, 4.69) is 10.3 Å². The maximum Gasteiger partial charge on any atom is 0.339 e. The number of nitrogens with zero attached hydrogens (tertiary/aromatic N) is 2. The van der Waals surface area contributed by atoms with Crippen LogP contribution >= 0.6 is 0 Å². The highest BCUT2D eigenvalue weighted by molar-refractivity contribution is 5.95. The fourth-order valence-electron chi connectivity index (χ4n) is 4.42. The van der Waals surface area contributed by atoms with Gasteiger partial charge >= 0.3 is 5.97 Å². The number of esters is 1. The number of imidazole rings is 1. The zero-order valence-electron chi connectivity index (χ0n) is 15.9. The van der Waals surface area contributed by atoms with Gasteiger partial charge in [-0.15, -0.1) is 0 Å². The number of ether oxygens (including phenoxy) is 1. The van der Waals surface area contributed by atoms with Crippen LogP contribution in [0.3, 0.4) is 0 Å². The first kappa shape index (κ1) is 17.7. The Kier molecular flexibility index (Phi) is 4.19. The van der Waals surface area contributed by atoms with Crippen LogP contribution in [0.1, 0.15) is 41.6 Å². The van der Waals surface area contributed by atoms with Crippen LogP contribution in [0.5, 0.6) is 0 Å². The Bertz CT molecular complexity index is 1070. The molecule has 1 N–H and O–H groups in total. The molecule has 0 unspecified atom stereocenters. The van der Waals surface area contributed by atoms with Crippen molar-refractivity contribution in [1.82, 2.24) is 9.55 Å². The molecule has 146 valence electrons. The molecule has 1 saturated carbocycles. The van der Waals surface area contributed by atoms with Gasteiger partial charge < -0.3 is 14.6 Å². The van der Waals surface area contributed by atoms with Gasteiger partial charge in [0.05, 0.1) is 11.8 Å². The minimum atomic E-state index is -0.570. The highest BCUT2D eigenvalue weighted by Gasteiger charge is 2.48. The molecule has 0 saturated heterocycles. The van der Waals surface area contributed by atoms with Crippen LogP contribution in [-0.2, 0) is 15.1 Å². The quantitative estimate of drug-likeness (QED) is 0.688. The lowest BCUT2D eigenvalue weighted by molar-refractivity contribution is -0.122. The Labute approximate surface area is 168 Å². The van der Waals surface area contributed by atoms with E-state index in [1.165, 1.54) is 0 Å². The number of benzene rings is 2. The summed E-state index contributed by atoms with van der Waals surface area (Å²) in [6.45, 7) is 0. The van der Waals surface area contributed by atoms with E-state index >= 15 is 0 Å². The second kappa shape index (κ2) is 6.88. The summed E-state index contributed by atoms with van der Waals surface area (Å²) in [5.41, 5.74) is 2.04. The molecule has 0 atom stereocenters. The van der Waals surface area contributed by atoms with Crippen molar-refractivity contribution >= 4 is 17.7 Å². The lowest BCUT2D eigenvalue weighted by Gasteiger charge is -2.35. The summed E-state index contributed by atoms with van der Waals surface area (Å²) in [5.74, 6) is 0.136. The second-order valence-corrected chi connectivity index (χ2v) is 7.69. The van der Waals surface area contributed by atoms with E-state index in [0.29, 0.717) is 37.1 Å². The van der Waals surface area contributed by atoms with Gasteiger partial charge in [0.1, 0.15) is 11.9 Å². The van der Waals surface area contributed by atoms with Crippen molar-refractivity contribution in [3.8, 4) is 5.69 Å². The third kappa shape index (κ3) is 3.10. The first-order valence-electron chi connectivity index (χ1n) is 9.88. The van der Waals surface area contributed by atoms with E-state index in [1.807, 2.05) is 65.4 Å². The number of amides is 1. The number of fused-ring (bicyclic) bond motifs is 2.